The molecule has 0 saturated heterocycles. The Bertz CT molecular complexity index is 402. The number of benzene rings is 1. The van der Waals surface area contributed by atoms with Crippen LogP contribution in [0.25, 0.3) is 0 Å². The number of hydrogen-bond donors (Lipinski definition) is 1. The van der Waals surface area contributed by atoms with Gasteiger partial charge in [-0.25, -0.2) is 0 Å². The van der Waals surface area contributed by atoms with Crippen LogP contribution in [0.5, 0.6) is 5.75 Å². The summed E-state index contributed by atoms with van der Waals surface area (Å²) in [6.07, 6.45) is -4.56. The zero-order chi connectivity index (χ0) is 12.3. The molecule has 0 amide bonds. The van der Waals surface area contributed by atoms with Crippen LogP contribution in [0.15, 0.2) is 18.2 Å². The van der Waals surface area contributed by atoms with Gasteiger partial charge in [-0.1, -0.05) is 0 Å². The molecule has 0 spiro atoms. The quantitative estimate of drug-likeness (QED) is 0.810. The van der Waals surface area contributed by atoms with Crippen molar-refractivity contribution >= 4 is 5.78 Å². The van der Waals surface area contributed by atoms with Gasteiger partial charge in [0.05, 0.1) is 19.2 Å². The minimum absolute atomic E-state index is 0.0735. The van der Waals surface area contributed by atoms with Gasteiger partial charge in [-0.05, 0) is 18.2 Å². The lowest BCUT2D eigenvalue weighted by atomic mass is 10.1. The fourth-order valence-corrected chi connectivity index (χ4v) is 1.22. The van der Waals surface area contributed by atoms with Gasteiger partial charge in [0.25, 0.3) is 0 Å². The van der Waals surface area contributed by atoms with Crippen molar-refractivity contribution in [2.75, 3.05) is 13.7 Å². The van der Waals surface area contributed by atoms with Gasteiger partial charge in [-0.3, -0.25) is 4.79 Å². The second kappa shape index (κ2) is 4.52. The summed E-state index contributed by atoms with van der Waals surface area (Å²) in [5.74, 6) is -0.866. The predicted molar refractivity (Wildman–Crippen MR) is 51.4 cm³/mol. The molecule has 0 radical (unpaired) electrons. The van der Waals surface area contributed by atoms with Crippen LogP contribution in [0.2, 0.25) is 0 Å². The predicted octanol–water partition coefficient (Wildman–Crippen LogP) is 1.86. The molecular formula is C10H10F3NO2. The number of hydrogen-bond acceptors (Lipinski definition) is 3. The van der Waals surface area contributed by atoms with Crippen molar-refractivity contribution in [1.29, 1.82) is 0 Å². The minimum Gasteiger partial charge on any atom is -0.496 e. The van der Waals surface area contributed by atoms with Crippen LogP contribution in [0, 0.1) is 0 Å². The molecule has 88 valence electrons. The second-order valence-corrected chi connectivity index (χ2v) is 3.04. The first-order valence-electron chi connectivity index (χ1n) is 4.38. The summed E-state index contributed by atoms with van der Waals surface area (Å²) in [6.45, 7) is -0.330. The number of carbonyl (C=O) groups is 1. The van der Waals surface area contributed by atoms with E-state index in [9.17, 15) is 18.0 Å². The van der Waals surface area contributed by atoms with E-state index in [2.05, 4.69) is 4.74 Å². The Hall–Kier alpha value is -1.56. The lowest BCUT2D eigenvalue weighted by Crippen LogP contribution is -2.15. The SMILES string of the molecule is COc1ccc(C(=O)CN)cc1C(F)(F)F. The van der Waals surface area contributed by atoms with Gasteiger partial charge < -0.3 is 10.5 Å². The Kier molecular flexibility index (Phi) is 3.54. The van der Waals surface area contributed by atoms with Crippen molar-refractivity contribution in [2.24, 2.45) is 5.73 Å². The molecule has 0 aliphatic carbocycles. The topological polar surface area (TPSA) is 52.3 Å². The molecule has 1 aromatic carbocycles. The highest BCUT2D eigenvalue weighted by Crippen LogP contribution is 2.36. The average Bonchev–Trinajstić information content (AvgIpc) is 2.26. The van der Waals surface area contributed by atoms with Crippen LogP contribution < -0.4 is 10.5 Å². The van der Waals surface area contributed by atoms with Crippen molar-refractivity contribution in [3.8, 4) is 5.75 Å². The largest absolute Gasteiger partial charge is 0.496 e. The molecule has 0 unspecified atom stereocenters. The zero-order valence-electron chi connectivity index (χ0n) is 8.47. The van der Waals surface area contributed by atoms with E-state index in [-0.39, 0.29) is 17.9 Å². The lowest BCUT2D eigenvalue weighted by molar-refractivity contribution is -0.138. The Morgan fingerprint density at radius 2 is 2.06 bits per heavy atom. The molecule has 0 atom stereocenters. The minimum atomic E-state index is -4.56. The van der Waals surface area contributed by atoms with Crippen LogP contribution in [0.1, 0.15) is 15.9 Å². The highest BCUT2D eigenvalue weighted by atomic mass is 19.4. The number of halogens is 3. The Morgan fingerprint density at radius 3 is 2.50 bits per heavy atom. The molecule has 0 aromatic heterocycles. The first-order valence-corrected chi connectivity index (χ1v) is 4.38. The van der Waals surface area contributed by atoms with Gasteiger partial charge in [0.15, 0.2) is 5.78 Å². The van der Waals surface area contributed by atoms with E-state index in [0.29, 0.717) is 0 Å². The maximum absolute atomic E-state index is 12.6. The third-order valence-electron chi connectivity index (χ3n) is 2.01. The number of Topliss-reactive ketones (excluding diaryl/α,β-unsaturated/α-hetero) is 1. The molecule has 1 aromatic rings. The van der Waals surface area contributed by atoms with E-state index in [4.69, 9.17) is 5.73 Å². The van der Waals surface area contributed by atoms with Gasteiger partial charge in [0.2, 0.25) is 0 Å². The first-order chi connectivity index (χ1) is 7.40. The van der Waals surface area contributed by atoms with Crippen molar-refractivity contribution in [3.05, 3.63) is 29.3 Å². The van der Waals surface area contributed by atoms with E-state index in [0.717, 1.165) is 19.2 Å². The maximum Gasteiger partial charge on any atom is 0.419 e. The van der Waals surface area contributed by atoms with Crippen LogP contribution in [-0.2, 0) is 6.18 Å². The zero-order valence-corrected chi connectivity index (χ0v) is 8.47. The van der Waals surface area contributed by atoms with Gasteiger partial charge in [-0.2, -0.15) is 13.2 Å². The monoisotopic (exact) mass is 233 g/mol. The Morgan fingerprint density at radius 1 is 1.44 bits per heavy atom. The molecular weight excluding hydrogens is 223 g/mol. The fourth-order valence-electron chi connectivity index (χ4n) is 1.22. The highest BCUT2D eigenvalue weighted by Gasteiger charge is 2.34. The molecule has 3 nitrogen and oxygen atoms in total. The van der Waals surface area contributed by atoms with Crippen molar-refractivity contribution in [3.63, 3.8) is 0 Å². The van der Waals surface area contributed by atoms with Crippen molar-refractivity contribution in [2.45, 2.75) is 6.18 Å². The third kappa shape index (κ3) is 2.52. The second-order valence-electron chi connectivity index (χ2n) is 3.04. The van der Waals surface area contributed by atoms with Crippen LogP contribution in [0.3, 0.4) is 0 Å². The third-order valence-corrected chi connectivity index (χ3v) is 2.01. The van der Waals surface area contributed by atoms with E-state index >= 15 is 0 Å². The van der Waals surface area contributed by atoms with E-state index in [1.165, 1.54) is 6.07 Å². The molecule has 16 heavy (non-hydrogen) atoms. The molecule has 0 fully saturated rings. The normalized spacial score (nSPS) is 11.3. The van der Waals surface area contributed by atoms with Crippen LogP contribution in [0.4, 0.5) is 13.2 Å². The molecule has 0 heterocycles. The summed E-state index contributed by atoms with van der Waals surface area (Å²) in [5, 5.41) is 0. The number of ketones is 1. The van der Waals surface area contributed by atoms with Gasteiger partial charge in [0, 0.05) is 5.56 Å². The van der Waals surface area contributed by atoms with Crippen molar-refractivity contribution in [1.82, 2.24) is 0 Å². The number of methoxy groups -OCH3 is 1. The summed E-state index contributed by atoms with van der Waals surface area (Å²) in [4.78, 5) is 11.2. The van der Waals surface area contributed by atoms with Crippen LogP contribution in [-0.4, -0.2) is 19.4 Å². The molecule has 0 bridgehead atoms. The molecule has 0 saturated carbocycles. The summed E-state index contributed by atoms with van der Waals surface area (Å²) in [7, 11) is 1.13. The molecule has 0 aliphatic heterocycles. The molecule has 6 heteroatoms. The summed E-state index contributed by atoms with van der Waals surface area (Å²) >= 11 is 0. The van der Waals surface area contributed by atoms with Crippen molar-refractivity contribution < 1.29 is 22.7 Å². The average molecular weight is 233 g/mol. The number of alkyl halides is 3. The highest BCUT2D eigenvalue weighted by molar-refractivity contribution is 5.97. The van der Waals surface area contributed by atoms with Gasteiger partial charge in [-0.15, -0.1) is 0 Å². The Balaban J connectivity index is 3.27. The summed E-state index contributed by atoms with van der Waals surface area (Å²) in [6, 6.07) is 3.10. The Labute approximate surface area is 90.0 Å². The van der Waals surface area contributed by atoms with E-state index in [1.807, 2.05) is 0 Å². The molecule has 2 N–H and O–H groups in total. The van der Waals surface area contributed by atoms with E-state index < -0.39 is 17.5 Å². The standard InChI is InChI=1S/C10H10F3NO2/c1-16-9-3-2-6(8(15)5-14)4-7(9)10(11,12)13/h2-4H,5,14H2,1H3. The molecule has 1 rings (SSSR count). The first kappa shape index (κ1) is 12.5. The number of carbonyl (C=O) groups excluding carboxylic acids is 1. The van der Waals surface area contributed by atoms with Gasteiger partial charge in [0.1, 0.15) is 5.75 Å². The number of ether oxygens (including phenoxy) is 1. The lowest BCUT2D eigenvalue weighted by Gasteiger charge is -2.12. The number of nitrogens with two attached hydrogens (primary N) is 1. The molecule has 0 aliphatic rings. The van der Waals surface area contributed by atoms with Crippen LogP contribution >= 0.6 is 0 Å². The summed E-state index contributed by atoms with van der Waals surface area (Å²) < 4.78 is 42.3. The van der Waals surface area contributed by atoms with E-state index in [1.54, 1.807) is 0 Å². The summed E-state index contributed by atoms with van der Waals surface area (Å²) in [5.41, 5.74) is 4.02. The fraction of sp³-hybridized carbons (Fsp3) is 0.300. The smallest absolute Gasteiger partial charge is 0.419 e. The van der Waals surface area contributed by atoms with Gasteiger partial charge >= 0.3 is 6.18 Å². The number of rotatable bonds is 3. The maximum atomic E-state index is 12.6.